The molecule has 5 nitrogen and oxygen atoms in total. The molecule has 6 heteroatoms. The molecule has 176 valence electrons. The first kappa shape index (κ1) is 22.6. The number of benzene rings is 2. The number of nitrogens with zero attached hydrogens (tertiary/aromatic N) is 2. The van der Waals surface area contributed by atoms with E-state index in [0.29, 0.717) is 16.5 Å². The Hall–Kier alpha value is -4.19. The molecule has 0 bridgehead atoms. The van der Waals surface area contributed by atoms with E-state index >= 15 is 0 Å². The van der Waals surface area contributed by atoms with Crippen LogP contribution in [0.5, 0.6) is 0 Å². The molecule has 0 radical (unpaired) electrons. The van der Waals surface area contributed by atoms with Gasteiger partial charge in [0.05, 0.1) is 0 Å². The Morgan fingerprint density at radius 1 is 0.800 bits per heavy atom. The summed E-state index contributed by atoms with van der Waals surface area (Å²) in [5.74, 6) is -0.221. The van der Waals surface area contributed by atoms with E-state index in [9.17, 15) is 14.0 Å². The minimum absolute atomic E-state index is 0.0247. The van der Waals surface area contributed by atoms with Crippen molar-refractivity contribution in [3.63, 3.8) is 0 Å². The molecular formula is C29H26FN3O2. The minimum atomic E-state index is -0.246. The third-order valence-corrected chi connectivity index (χ3v) is 6.50. The summed E-state index contributed by atoms with van der Waals surface area (Å²) in [5.41, 5.74) is 5.63. The maximum absolute atomic E-state index is 14.3. The summed E-state index contributed by atoms with van der Waals surface area (Å²) >= 11 is 0. The quantitative estimate of drug-likeness (QED) is 0.362. The molecule has 0 atom stereocenters. The van der Waals surface area contributed by atoms with E-state index in [1.54, 1.807) is 37.0 Å². The Morgan fingerprint density at radius 2 is 1.51 bits per heavy atom. The van der Waals surface area contributed by atoms with Gasteiger partial charge >= 0.3 is 0 Å². The van der Waals surface area contributed by atoms with Gasteiger partial charge in [-0.3, -0.25) is 9.59 Å². The van der Waals surface area contributed by atoms with Crippen molar-refractivity contribution < 1.29 is 4.39 Å². The lowest BCUT2D eigenvalue weighted by molar-refractivity contribution is 0.598. The Kier molecular flexibility index (Phi) is 5.52. The van der Waals surface area contributed by atoms with E-state index in [1.807, 2.05) is 62.5 Å². The molecule has 0 fully saturated rings. The highest BCUT2D eigenvalue weighted by atomic mass is 19.1. The zero-order valence-corrected chi connectivity index (χ0v) is 20.1. The second-order valence-electron chi connectivity index (χ2n) is 9.24. The molecule has 5 rings (SSSR count). The molecule has 0 aliphatic heterocycles. The first-order valence-electron chi connectivity index (χ1n) is 11.5. The number of aryl methyl sites for hydroxylation is 2. The van der Waals surface area contributed by atoms with Crippen molar-refractivity contribution in [2.75, 3.05) is 0 Å². The number of hydrogen-bond donors (Lipinski definition) is 1. The first-order valence-corrected chi connectivity index (χ1v) is 11.5. The van der Waals surface area contributed by atoms with E-state index in [2.05, 4.69) is 4.98 Å². The molecule has 35 heavy (non-hydrogen) atoms. The Balaban J connectivity index is 1.80. The van der Waals surface area contributed by atoms with Gasteiger partial charge in [0, 0.05) is 54.8 Å². The van der Waals surface area contributed by atoms with Crippen molar-refractivity contribution >= 4 is 10.9 Å². The minimum Gasteiger partial charge on any atom is -0.350 e. The number of H-pyrrole nitrogens is 1. The van der Waals surface area contributed by atoms with Crippen LogP contribution in [0.2, 0.25) is 0 Å². The summed E-state index contributed by atoms with van der Waals surface area (Å²) < 4.78 is 17.4. The number of nitrogens with one attached hydrogen (secondary N) is 1. The maximum Gasteiger partial charge on any atom is 0.274 e. The molecule has 0 saturated carbocycles. The van der Waals surface area contributed by atoms with Crippen LogP contribution in [0.15, 0.2) is 82.6 Å². The fraction of sp³-hybridized carbons (Fsp3) is 0.172. The van der Waals surface area contributed by atoms with E-state index < -0.39 is 0 Å². The summed E-state index contributed by atoms with van der Waals surface area (Å²) in [5, 5.41) is 0.712. The summed E-state index contributed by atoms with van der Waals surface area (Å²) in [6.45, 7) is 3.89. The molecule has 0 saturated heterocycles. The van der Waals surface area contributed by atoms with Crippen molar-refractivity contribution in [1.82, 2.24) is 14.1 Å². The number of halogens is 1. The van der Waals surface area contributed by atoms with Gasteiger partial charge in [-0.15, -0.1) is 0 Å². The monoisotopic (exact) mass is 467 g/mol. The topological polar surface area (TPSA) is 59.8 Å². The van der Waals surface area contributed by atoms with Crippen molar-refractivity contribution in [1.29, 1.82) is 0 Å². The Morgan fingerprint density at radius 3 is 2.23 bits per heavy atom. The number of aromatic nitrogens is 3. The predicted octanol–water partition coefficient (Wildman–Crippen LogP) is 5.83. The predicted molar refractivity (Wildman–Crippen MR) is 139 cm³/mol. The van der Waals surface area contributed by atoms with Crippen LogP contribution in [-0.4, -0.2) is 14.1 Å². The molecular weight excluding hydrogens is 441 g/mol. The zero-order valence-electron chi connectivity index (χ0n) is 20.1. The fourth-order valence-electron chi connectivity index (χ4n) is 4.56. The molecule has 0 amide bonds. The lowest BCUT2D eigenvalue weighted by Gasteiger charge is -2.14. The normalized spacial score (nSPS) is 11.5. The number of fused-ring (bicyclic) bond motifs is 1. The molecule has 3 heterocycles. The third kappa shape index (κ3) is 3.91. The van der Waals surface area contributed by atoms with Crippen LogP contribution in [0, 0.1) is 5.82 Å². The molecule has 0 aliphatic rings. The van der Waals surface area contributed by atoms with Crippen LogP contribution >= 0.6 is 0 Å². The summed E-state index contributed by atoms with van der Waals surface area (Å²) in [6, 6.07) is 18.4. The van der Waals surface area contributed by atoms with Crippen molar-refractivity contribution in [3.05, 3.63) is 105 Å². The average Bonchev–Trinajstić information content (AvgIpc) is 3.29. The average molecular weight is 468 g/mol. The fourth-order valence-corrected chi connectivity index (χ4v) is 4.56. The highest BCUT2D eigenvalue weighted by Gasteiger charge is 2.18. The Bertz CT molecular complexity index is 1690. The van der Waals surface area contributed by atoms with E-state index in [0.717, 1.165) is 33.5 Å². The largest absolute Gasteiger partial charge is 0.350 e. The van der Waals surface area contributed by atoms with Crippen molar-refractivity contribution in [2.45, 2.75) is 19.8 Å². The summed E-state index contributed by atoms with van der Waals surface area (Å²) in [6.07, 6.45) is 3.60. The smallest absolute Gasteiger partial charge is 0.274 e. The van der Waals surface area contributed by atoms with Gasteiger partial charge in [0.15, 0.2) is 0 Å². The van der Waals surface area contributed by atoms with Crippen molar-refractivity contribution in [3.8, 4) is 33.5 Å². The summed E-state index contributed by atoms with van der Waals surface area (Å²) in [7, 11) is 3.42. The number of pyridine rings is 2. The van der Waals surface area contributed by atoms with Crippen LogP contribution < -0.4 is 11.1 Å². The molecule has 0 spiro atoms. The third-order valence-electron chi connectivity index (χ3n) is 6.50. The van der Waals surface area contributed by atoms with Gasteiger partial charge in [-0.2, -0.15) is 0 Å². The lowest BCUT2D eigenvalue weighted by Crippen LogP contribution is -2.18. The number of aromatic amines is 1. The van der Waals surface area contributed by atoms with Gasteiger partial charge in [0.1, 0.15) is 11.3 Å². The van der Waals surface area contributed by atoms with Gasteiger partial charge in [-0.25, -0.2) is 4.39 Å². The van der Waals surface area contributed by atoms with Crippen LogP contribution in [0.25, 0.3) is 44.4 Å². The number of rotatable bonds is 4. The van der Waals surface area contributed by atoms with Gasteiger partial charge < -0.3 is 14.1 Å². The molecule has 0 unspecified atom stereocenters. The standard InChI is InChI=1S/C29H26FN3O2/c1-17(2)20-12-19(10-11-25(20)30)26-13-22-24(16-33(4)29(35)28(22)31-26)21-14-27(34)32(3)15-23(21)18-8-6-5-7-9-18/h5-17,31H,1-4H3. The SMILES string of the molecule is CC(C)c1cc(-c2cc3c(-c4cc(=O)n(C)cc4-c4ccccc4)cn(C)c(=O)c3[nH]2)ccc1F. The van der Waals surface area contributed by atoms with Gasteiger partial charge in [0.2, 0.25) is 0 Å². The molecule has 3 aromatic heterocycles. The summed E-state index contributed by atoms with van der Waals surface area (Å²) in [4.78, 5) is 29.0. The van der Waals surface area contributed by atoms with Gasteiger partial charge in [0.25, 0.3) is 11.1 Å². The molecule has 0 aliphatic carbocycles. The number of hydrogen-bond acceptors (Lipinski definition) is 2. The zero-order chi connectivity index (χ0) is 24.9. The second-order valence-corrected chi connectivity index (χ2v) is 9.24. The molecule has 5 aromatic rings. The van der Waals surface area contributed by atoms with E-state index in [1.165, 1.54) is 10.6 Å². The molecule has 2 aromatic carbocycles. The maximum atomic E-state index is 14.3. The van der Waals surface area contributed by atoms with Crippen molar-refractivity contribution in [2.24, 2.45) is 14.1 Å². The van der Waals surface area contributed by atoms with E-state index in [4.69, 9.17) is 0 Å². The van der Waals surface area contributed by atoms with Gasteiger partial charge in [-0.1, -0.05) is 44.2 Å². The van der Waals surface area contributed by atoms with Crippen LogP contribution in [-0.2, 0) is 14.1 Å². The molecule has 1 N–H and O–H groups in total. The highest BCUT2D eigenvalue weighted by molar-refractivity contribution is 6.00. The first-order chi connectivity index (χ1) is 16.7. The second kappa shape index (κ2) is 8.55. The highest BCUT2D eigenvalue weighted by Crippen LogP contribution is 2.36. The van der Waals surface area contributed by atoms with Crippen LogP contribution in [0.3, 0.4) is 0 Å². The van der Waals surface area contributed by atoms with Gasteiger partial charge in [-0.05, 0) is 52.4 Å². The van der Waals surface area contributed by atoms with Crippen LogP contribution in [0.1, 0.15) is 25.3 Å². The lowest BCUT2D eigenvalue weighted by atomic mass is 9.95. The van der Waals surface area contributed by atoms with Crippen LogP contribution in [0.4, 0.5) is 4.39 Å². The van der Waals surface area contributed by atoms with E-state index in [-0.39, 0.29) is 22.9 Å². The Labute approximate surface area is 202 Å².